The van der Waals surface area contributed by atoms with Crippen molar-refractivity contribution in [1.82, 2.24) is 10.6 Å². The standard InChI is InChI=1S/C23H44N2O4/c1-6-8-9-10-12-15-24-21(27)14-11-13-16-28-23-22(25-19(5)26)18(4)17(3)20(7-2)29-23/h17-18,20,22-23H,6-16H2,1-5H3,(H,24,27)(H,25,26)/t17-,18+,20-,22-,23-/m1/s1. The fourth-order valence-electron chi connectivity index (χ4n) is 3.97. The van der Waals surface area contributed by atoms with E-state index in [1.165, 1.54) is 32.6 Å². The molecule has 5 atom stereocenters. The van der Waals surface area contributed by atoms with Gasteiger partial charge in [0.25, 0.3) is 0 Å². The number of hydrogen-bond donors (Lipinski definition) is 2. The molecule has 0 unspecified atom stereocenters. The summed E-state index contributed by atoms with van der Waals surface area (Å²) < 4.78 is 12.1. The predicted molar refractivity (Wildman–Crippen MR) is 116 cm³/mol. The van der Waals surface area contributed by atoms with Crippen LogP contribution in [0.3, 0.4) is 0 Å². The van der Waals surface area contributed by atoms with Gasteiger partial charge in [-0.05, 0) is 37.5 Å². The van der Waals surface area contributed by atoms with Crippen LogP contribution in [0, 0.1) is 11.8 Å². The molecule has 0 saturated carbocycles. The zero-order chi connectivity index (χ0) is 21.6. The Morgan fingerprint density at radius 2 is 1.69 bits per heavy atom. The van der Waals surface area contributed by atoms with E-state index in [1.54, 1.807) is 0 Å². The highest BCUT2D eigenvalue weighted by Gasteiger charge is 2.41. The Kier molecular flexibility index (Phi) is 13.2. The first-order valence-electron chi connectivity index (χ1n) is 11.7. The second-order valence-electron chi connectivity index (χ2n) is 8.49. The molecular weight excluding hydrogens is 368 g/mol. The van der Waals surface area contributed by atoms with E-state index in [9.17, 15) is 9.59 Å². The number of ether oxygens (including phenoxy) is 2. The Morgan fingerprint density at radius 1 is 0.966 bits per heavy atom. The molecule has 1 aliphatic rings. The molecule has 1 fully saturated rings. The third kappa shape index (κ3) is 9.94. The molecule has 29 heavy (non-hydrogen) atoms. The summed E-state index contributed by atoms with van der Waals surface area (Å²) in [5.41, 5.74) is 0. The van der Waals surface area contributed by atoms with Crippen molar-refractivity contribution < 1.29 is 19.1 Å². The lowest BCUT2D eigenvalue weighted by molar-refractivity contribution is -0.236. The van der Waals surface area contributed by atoms with E-state index in [0.717, 1.165) is 32.2 Å². The van der Waals surface area contributed by atoms with Gasteiger partial charge in [0, 0.05) is 26.5 Å². The molecule has 1 rings (SSSR count). The Hall–Kier alpha value is -1.14. The molecule has 0 radical (unpaired) electrons. The first-order chi connectivity index (χ1) is 13.9. The SMILES string of the molecule is CCCCCCCNC(=O)CCCCO[C@@H]1O[C@H](CC)[C@H](C)[C@H](C)[C@H]1NC(C)=O. The summed E-state index contributed by atoms with van der Waals surface area (Å²) in [6.45, 7) is 11.5. The maximum Gasteiger partial charge on any atom is 0.219 e. The molecule has 0 aliphatic carbocycles. The smallest absolute Gasteiger partial charge is 0.219 e. The minimum atomic E-state index is -0.424. The summed E-state index contributed by atoms with van der Waals surface area (Å²) >= 11 is 0. The van der Waals surface area contributed by atoms with Crippen LogP contribution in [0.25, 0.3) is 0 Å². The fraction of sp³-hybridized carbons (Fsp3) is 0.913. The van der Waals surface area contributed by atoms with Gasteiger partial charge in [-0.3, -0.25) is 9.59 Å². The van der Waals surface area contributed by atoms with Crippen molar-refractivity contribution >= 4 is 11.8 Å². The highest BCUT2D eigenvalue weighted by molar-refractivity contribution is 5.75. The first-order valence-corrected chi connectivity index (χ1v) is 11.7. The zero-order valence-corrected chi connectivity index (χ0v) is 19.3. The van der Waals surface area contributed by atoms with E-state index in [1.807, 2.05) is 0 Å². The molecule has 2 amide bonds. The fourth-order valence-corrected chi connectivity index (χ4v) is 3.97. The van der Waals surface area contributed by atoms with Gasteiger partial charge in [-0.15, -0.1) is 0 Å². The normalized spacial score (nSPS) is 26.9. The average molecular weight is 413 g/mol. The molecule has 1 saturated heterocycles. The summed E-state index contributed by atoms with van der Waals surface area (Å²) in [5, 5.41) is 6.00. The van der Waals surface area contributed by atoms with Crippen LogP contribution in [0.5, 0.6) is 0 Å². The van der Waals surface area contributed by atoms with Crippen LogP contribution in [0.15, 0.2) is 0 Å². The molecule has 6 nitrogen and oxygen atoms in total. The predicted octanol–water partition coefficient (Wildman–Crippen LogP) is 4.17. The van der Waals surface area contributed by atoms with Crippen molar-refractivity contribution in [3.05, 3.63) is 0 Å². The second kappa shape index (κ2) is 14.8. The van der Waals surface area contributed by atoms with Crippen molar-refractivity contribution in [3.8, 4) is 0 Å². The van der Waals surface area contributed by atoms with E-state index < -0.39 is 6.29 Å². The Labute approximate surface area is 177 Å². The van der Waals surface area contributed by atoms with Gasteiger partial charge in [0.15, 0.2) is 6.29 Å². The van der Waals surface area contributed by atoms with Gasteiger partial charge in [-0.2, -0.15) is 0 Å². The third-order valence-corrected chi connectivity index (χ3v) is 6.04. The Bertz CT molecular complexity index is 472. The molecule has 0 aromatic carbocycles. The van der Waals surface area contributed by atoms with Gasteiger partial charge in [0.05, 0.1) is 12.1 Å². The van der Waals surface area contributed by atoms with E-state index in [-0.39, 0.29) is 29.9 Å². The molecule has 6 heteroatoms. The van der Waals surface area contributed by atoms with Crippen LogP contribution in [0.2, 0.25) is 0 Å². The number of hydrogen-bond acceptors (Lipinski definition) is 4. The van der Waals surface area contributed by atoms with Crippen LogP contribution in [-0.2, 0) is 19.1 Å². The average Bonchev–Trinajstić information content (AvgIpc) is 2.69. The second-order valence-corrected chi connectivity index (χ2v) is 8.49. The largest absolute Gasteiger partial charge is 0.356 e. The summed E-state index contributed by atoms with van der Waals surface area (Å²) in [6.07, 6.45) is 8.79. The Morgan fingerprint density at radius 3 is 2.34 bits per heavy atom. The van der Waals surface area contributed by atoms with E-state index in [4.69, 9.17) is 9.47 Å². The summed E-state index contributed by atoms with van der Waals surface area (Å²) in [6, 6.07) is -0.138. The molecule has 0 aromatic heterocycles. The molecule has 170 valence electrons. The van der Waals surface area contributed by atoms with Gasteiger partial charge in [-0.1, -0.05) is 53.4 Å². The van der Waals surface area contributed by atoms with Crippen LogP contribution in [0.1, 0.15) is 92.4 Å². The third-order valence-electron chi connectivity index (χ3n) is 6.04. The number of rotatable bonds is 14. The summed E-state index contributed by atoms with van der Waals surface area (Å²) in [5.74, 6) is 0.708. The molecule has 0 bridgehead atoms. The number of unbranched alkanes of at least 4 members (excludes halogenated alkanes) is 5. The minimum Gasteiger partial charge on any atom is -0.356 e. The lowest BCUT2D eigenvalue weighted by Gasteiger charge is -2.44. The van der Waals surface area contributed by atoms with Gasteiger partial charge in [0.1, 0.15) is 0 Å². The number of carbonyl (C=O) groups is 2. The minimum absolute atomic E-state index is 0.0624. The molecule has 2 N–H and O–H groups in total. The van der Waals surface area contributed by atoms with Gasteiger partial charge in [0.2, 0.25) is 11.8 Å². The lowest BCUT2D eigenvalue weighted by Crippen LogP contribution is -2.57. The number of nitrogens with one attached hydrogen (secondary N) is 2. The number of carbonyl (C=O) groups excluding carboxylic acids is 2. The summed E-state index contributed by atoms with van der Waals surface area (Å²) in [4.78, 5) is 23.5. The van der Waals surface area contributed by atoms with Crippen molar-refractivity contribution in [1.29, 1.82) is 0 Å². The quantitative estimate of drug-likeness (QED) is 0.420. The van der Waals surface area contributed by atoms with Crippen LogP contribution in [0.4, 0.5) is 0 Å². The van der Waals surface area contributed by atoms with Gasteiger partial charge in [-0.25, -0.2) is 0 Å². The molecule has 0 spiro atoms. The van der Waals surface area contributed by atoms with Crippen molar-refractivity contribution in [3.63, 3.8) is 0 Å². The monoisotopic (exact) mass is 412 g/mol. The highest BCUT2D eigenvalue weighted by Crippen LogP contribution is 2.32. The molecule has 1 aliphatic heterocycles. The lowest BCUT2D eigenvalue weighted by atomic mass is 9.81. The van der Waals surface area contributed by atoms with Crippen LogP contribution >= 0.6 is 0 Å². The molecule has 0 aromatic rings. The van der Waals surface area contributed by atoms with E-state index in [2.05, 4.69) is 38.3 Å². The van der Waals surface area contributed by atoms with Crippen molar-refractivity contribution in [2.24, 2.45) is 11.8 Å². The van der Waals surface area contributed by atoms with E-state index in [0.29, 0.717) is 18.9 Å². The maximum absolute atomic E-state index is 11.9. The van der Waals surface area contributed by atoms with Gasteiger partial charge < -0.3 is 20.1 Å². The van der Waals surface area contributed by atoms with Crippen LogP contribution in [-0.4, -0.2) is 43.4 Å². The summed E-state index contributed by atoms with van der Waals surface area (Å²) in [7, 11) is 0. The topological polar surface area (TPSA) is 76.7 Å². The maximum atomic E-state index is 11.9. The number of amides is 2. The van der Waals surface area contributed by atoms with Crippen LogP contribution < -0.4 is 10.6 Å². The Balaban J connectivity index is 2.26. The van der Waals surface area contributed by atoms with Crippen molar-refractivity contribution in [2.75, 3.05) is 13.2 Å². The zero-order valence-electron chi connectivity index (χ0n) is 19.3. The van der Waals surface area contributed by atoms with Gasteiger partial charge >= 0.3 is 0 Å². The molecular formula is C23H44N2O4. The van der Waals surface area contributed by atoms with E-state index >= 15 is 0 Å². The van der Waals surface area contributed by atoms with Crippen molar-refractivity contribution in [2.45, 2.75) is 111 Å². The molecule has 1 heterocycles. The first kappa shape index (κ1) is 25.9. The highest BCUT2D eigenvalue weighted by atomic mass is 16.7.